The van der Waals surface area contributed by atoms with Crippen molar-refractivity contribution in [2.24, 2.45) is 0 Å². The van der Waals surface area contributed by atoms with E-state index < -0.39 is 24.0 Å². The Bertz CT molecular complexity index is 361. The summed E-state index contributed by atoms with van der Waals surface area (Å²) in [5.41, 5.74) is 0. The van der Waals surface area contributed by atoms with Crippen LogP contribution in [0.1, 0.15) is 46.5 Å². The Morgan fingerprint density at radius 1 is 1.18 bits per heavy atom. The molecule has 0 aliphatic heterocycles. The maximum atomic E-state index is 11.4. The first-order valence-electron chi connectivity index (χ1n) is 7.89. The average Bonchev–Trinajstić information content (AvgIpc) is 2.47. The van der Waals surface area contributed by atoms with E-state index in [0.717, 1.165) is 25.7 Å². The molecular weight excluding hydrogens is 286 g/mol. The van der Waals surface area contributed by atoms with E-state index in [1.54, 1.807) is 0 Å². The number of carbonyl (C=O) groups excluding carboxylic acids is 1. The highest BCUT2D eigenvalue weighted by Gasteiger charge is 2.42. The van der Waals surface area contributed by atoms with Gasteiger partial charge in [-0.05, 0) is 32.8 Å². The molecule has 6 heteroatoms. The monoisotopic (exact) mass is 315 g/mol. The van der Waals surface area contributed by atoms with E-state index in [9.17, 15) is 24.9 Å². The van der Waals surface area contributed by atoms with Crippen LogP contribution in [0.25, 0.3) is 0 Å². The van der Waals surface area contributed by atoms with Gasteiger partial charge in [-0.1, -0.05) is 25.8 Å². The van der Waals surface area contributed by atoms with Gasteiger partial charge < -0.3 is 24.6 Å². The van der Waals surface area contributed by atoms with Crippen LogP contribution in [0.5, 0.6) is 0 Å². The summed E-state index contributed by atoms with van der Waals surface area (Å²) in [5, 5.41) is 29.9. The van der Waals surface area contributed by atoms with E-state index in [-0.39, 0.29) is 24.2 Å². The van der Waals surface area contributed by atoms with Crippen LogP contribution in [-0.4, -0.2) is 58.4 Å². The molecule has 0 radical (unpaired) electrons. The first-order valence-corrected chi connectivity index (χ1v) is 7.89. The molecule has 2 N–H and O–H groups in total. The number of hydrogen-bond donors (Lipinski definition) is 2. The molecule has 3 unspecified atom stereocenters. The van der Waals surface area contributed by atoms with Gasteiger partial charge in [0.25, 0.3) is 0 Å². The highest BCUT2D eigenvalue weighted by molar-refractivity contribution is 5.73. The number of aliphatic carboxylic acids is 2. The van der Waals surface area contributed by atoms with E-state index in [0.29, 0.717) is 0 Å². The van der Waals surface area contributed by atoms with Crippen LogP contribution in [0.4, 0.5) is 0 Å². The van der Waals surface area contributed by atoms with Crippen LogP contribution >= 0.6 is 0 Å². The van der Waals surface area contributed by atoms with Crippen molar-refractivity contribution >= 4 is 11.9 Å². The van der Waals surface area contributed by atoms with E-state index in [2.05, 4.69) is 6.92 Å². The Hall–Kier alpha value is -1.40. The molecule has 0 saturated carbocycles. The summed E-state index contributed by atoms with van der Waals surface area (Å²) in [7, 11) is 0. The summed E-state index contributed by atoms with van der Waals surface area (Å²) in [4.78, 5) is 22.7. The molecule has 22 heavy (non-hydrogen) atoms. The molecule has 0 aromatic heterocycles. The third-order valence-corrected chi connectivity index (χ3v) is 4.34. The fraction of sp³-hybridized carbons (Fsp3) is 0.750. The maximum absolute atomic E-state index is 11.4. The van der Waals surface area contributed by atoms with E-state index >= 15 is 0 Å². The number of carboxylic acids is 2. The summed E-state index contributed by atoms with van der Waals surface area (Å²) in [5.74, 6) is -2.39. The predicted octanol–water partition coefficient (Wildman–Crippen LogP) is 0.544. The second-order valence-corrected chi connectivity index (χ2v) is 5.71. The van der Waals surface area contributed by atoms with Gasteiger partial charge in [-0.25, -0.2) is 4.79 Å². The molecule has 0 aromatic carbocycles. The molecule has 0 amide bonds. The lowest BCUT2D eigenvalue weighted by Gasteiger charge is -2.45. The summed E-state index contributed by atoms with van der Waals surface area (Å²) in [6.45, 7) is 5.05. The highest BCUT2D eigenvalue weighted by atomic mass is 16.4. The van der Waals surface area contributed by atoms with Crippen molar-refractivity contribution in [1.29, 1.82) is 0 Å². The SMILES string of the molecule is CCCCC/C=C/C[N+](CCO)(C(C)C(=O)[O-])C(C)C(=O)O. The van der Waals surface area contributed by atoms with Gasteiger partial charge in [0.2, 0.25) is 0 Å². The molecule has 0 heterocycles. The summed E-state index contributed by atoms with van der Waals surface area (Å²) >= 11 is 0. The Morgan fingerprint density at radius 2 is 1.82 bits per heavy atom. The second-order valence-electron chi connectivity index (χ2n) is 5.71. The molecule has 6 nitrogen and oxygen atoms in total. The number of aliphatic hydroxyl groups is 1. The zero-order valence-corrected chi connectivity index (χ0v) is 13.8. The van der Waals surface area contributed by atoms with Gasteiger partial charge in [0, 0.05) is 0 Å². The van der Waals surface area contributed by atoms with Gasteiger partial charge in [0.05, 0.1) is 19.1 Å². The predicted molar refractivity (Wildman–Crippen MR) is 81.9 cm³/mol. The smallest absolute Gasteiger partial charge is 0.362 e. The van der Waals surface area contributed by atoms with Gasteiger partial charge in [-0.15, -0.1) is 0 Å². The van der Waals surface area contributed by atoms with E-state index in [1.165, 1.54) is 13.8 Å². The van der Waals surface area contributed by atoms with Crippen molar-refractivity contribution in [3.8, 4) is 0 Å². The van der Waals surface area contributed by atoms with Crippen LogP contribution < -0.4 is 5.11 Å². The van der Waals surface area contributed by atoms with Crippen LogP contribution in [0, 0.1) is 0 Å². The number of hydrogen-bond acceptors (Lipinski definition) is 4. The van der Waals surface area contributed by atoms with E-state index in [4.69, 9.17) is 0 Å². The van der Waals surface area contributed by atoms with Crippen LogP contribution in [0.15, 0.2) is 12.2 Å². The molecule has 0 spiro atoms. The standard InChI is InChI=1S/C16H29NO5/c1-4-5-6-7-8-9-10-17(11-12-18,13(2)15(19)20)14(3)16(21)22/h8-9,13-14,18H,4-7,10-12H2,1-3H3,(H-,19,20,21,22)/b9-8+. The van der Waals surface area contributed by atoms with Gasteiger partial charge in [-0.2, -0.15) is 0 Å². The molecule has 0 bridgehead atoms. The number of aliphatic hydroxyl groups excluding tert-OH is 1. The molecule has 3 atom stereocenters. The molecule has 128 valence electrons. The number of carbonyl (C=O) groups is 2. The Balaban J connectivity index is 5.19. The molecule has 0 aliphatic rings. The van der Waals surface area contributed by atoms with Crippen molar-refractivity contribution < 1.29 is 29.4 Å². The molecular formula is C16H29NO5. The number of quaternary nitrogens is 1. The first-order chi connectivity index (χ1) is 10.3. The largest absolute Gasteiger partial charge is 0.544 e. The lowest BCUT2D eigenvalue weighted by molar-refractivity contribution is -0.951. The zero-order chi connectivity index (χ0) is 17.2. The third kappa shape index (κ3) is 5.77. The highest BCUT2D eigenvalue weighted by Crippen LogP contribution is 2.20. The minimum Gasteiger partial charge on any atom is -0.544 e. The van der Waals surface area contributed by atoms with Crippen LogP contribution in [0.2, 0.25) is 0 Å². The van der Waals surface area contributed by atoms with Gasteiger partial charge in [-0.3, -0.25) is 0 Å². The first kappa shape index (κ1) is 20.6. The third-order valence-electron chi connectivity index (χ3n) is 4.34. The Morgan fingerprint density at radius 3 is 2.27 bits per heavy atom. The fourth-order valence-corrected chi connectivity index (χ4v) is 2.65. The maximum Gasteiger partial charge on any atom is 0.362 e. The lowest BCUT2D eigenvalue weighted by atomic mass is 10.1. The minimum atomic E-state index is -1.30. The summed E-state index contributed by atoms with van der Waals surface area (Å²) < 4.78 is -0.252. The van der Waals surface area contributed by atoms with Crippen molar-refractivity contribution in [2.45, 2.75) is 58.5 Å². The van der Waals surface area contributed by atoms with Crippen LogP contribution in [0.3, 0.4) is 0 Å². The molecule has 0 aliphatic carbocycles. The van der Waals surface area contributed by atoms with E-state index in [1.807, 2.05) is 12.2 Å². The van der Waals surface area contributed by atoms with Gasteiger partial charge in [0.15, 0.2) is 6.04 Å². The number of unbranched alkanes of at least 4 members (excludes halogenated alkanes) is 3. The van der Waals surface area contributed by atoms with Crippen molar-refractivity contribution in [3.63, 3.8) is 0 Å². The van der Waals surface area contributed by atoms with Gasteiger partial charge >= 0.3 is 5.97 Å². The second kappa shape index (κ2) is 10.3. The normalized spacial score (nSPS) is 17.1. The molecule has 0 aromatic rings. The van der Waals surface area contributed by atoms with Gasteiger partial charge in [0.1, 0.15) is 12.6 Å². The van der Waals surface area contributed by atoms with Crippen LogP contribution in [-0.2, 0) is 9.59 Å². The van der Waals surface area contributed by atoms with Crippen molar-refractivity contribution in [1.82, 2.24) is 0 Å². The molecule has 0 saturated heterocycles. The Kier molecular flexibility index (Phi) is 9.69. The topological polar surface area (TPSA) is 97.7 Å². The summed E-state index contributed by atoms with van der Waals surface area (Å²) in [6, 6.07) is -1.96. The number of nitrogens with zero attached hydrogens (tertiary/aromatic N) is 1. The van der Waals surface area contributed by atoms with Crippen molar-refractivity contribution in [3.05, 3.63) is 12.2 Å². The summed E-state index contributed by atoms with van der Waals surface area (Å²) in [6.07, 6.45) is 7.96. The zero-order valence-electron chi connectivity index (χ0n) is 13.8. The number of carboxylic acid groups (broad SMARTS) is 2. The molecule has 0 fully saturated rings. The van der Waals surface area contributed by atoms with Crippen molar-refractivity contribution in [2.75, 3.05) is 19.7 Å². The number of rotatable bonds is 12. The minimum absolute atomic E-state index is 0.0575. The quantitative estimate of drug-likeness (QED) is 0.311. The lowest BCUT2D eigenvalue weighted by Crippen LogP contribution is -2.67. The average molecular weight is 315 g/mol. The number of allylic oxidation sites excluding steroid dienone is 1. The fourth-order valence-electron chi connectivity index (χ4n) is 2.65. The molecule has 0 rings (SSSR count). The Labute approximate surface area is 132 Å².